The number of piperidine rings is 1. The van der Waals surface area contributed by atoms with Crippen molar-refractivity contribution in [3.63, 3.8) is 0 Å². The normalized spacial score (nSPS) is 22.7. The Morgan fingerprint density at radius 2 is 2.16 bits per heavy atom. The lowest BCUT2D eigenvalue weighted by Crippen LogP contribution is -2.52. The zero-order valence-corrected chi connectivity index (χ0v) is 12.9. The maximum absolute atomic E-state index is 3.70. The molecular formula is C17H28N2. The van der Waals surface area contributed by atoms with Gasteiger partial charge in [0.2, 0.25) is 0 Å². The molecule has 1 heterocycles. The minimum Gasteiger partial charge on any atom is -0.312 e. The first-order valence-electron chi connectivity index (χ1n) is 7.45. The van der Waals surface area contributed by atoms with Gasteiger partial charge in [-0.2, -0.15) is 0 Å². The smallest absolute Gasteiger partial charge is 0.0246 e. The van der Waals surface area contributed by atoms with Gasteiger partial charge in [-0.05, 0) is 44.3 Å². The summed E-state index contributed by atoms with van der Waals surface area (Å²) < 4.78 is 0. The highest BCUT2D eigenvalue weighted by Crippen LogP contribution is 2.30. The molecule has 2 nitrogen and oxygen atoms in total. The molecule has 2 heteroatoms. The average molecular weight is 260 g/mol. The Labute approximate surface area is 118 Å². The van der Waals surface area contributed by atoms with Crippen LogP contribution in [-0.2, 0) is 6.54 Å². The van der Waals surface area contributed by atoms with Crippen LogP contribution >= 0.6 is 0 Å². The molecule has 0 spiro atoms. The number of benzene rings is 1. The van der Waals surface area contributed by atoms with Gasteiger partial charge in [0.25, 0.3) is 0 Å². The molecule has 19 heavy (non-hydrogen) atoms. The second-order valence-electron chi connectivity index (χ2n) is 6.78. The molecule has 1 aliphatic heterocycles. The van der Waals surface area contributed by atoms with Crippen LogP contribution in [-0.4, -0.2) is 31.1 Å². The maximum atomic E-state index is 3.70. The van der Waals surface area contributed by atoms with Crippen molar-refractivity contribution >= 4 is 0 Å². The fraction of sp³-hybridized carbons (Fsp3) is 0.647. The van der Waals surface area contributed by atoms with E-state index in [0.29, 0.717) is 11.5 Å². The van der Waals surface area contributed by atoms with E-state index in [0.717, 1.165) is 13.1 Å². The van der Waals surface area contributed by atoms with Crippen LogP contribution in [0.2, 0.25) is 0 Å². The Bertz CT molecular complexity index is 411. The standard InChI is InChI=1S/C17H28N2/c1-14-7-5-8-15(11-14)12-19(4)13-16-17(2,3)9-6-10-18-16/h5,7-8,11,16,18H,6,9-10,12-13H2,1-4H3. The highest BCUT2D eigenvalue weighted by Gasteiger charge is 2.32. The number of nitrogens with one attached hydrogen (secondary N) is 1. The maximum Gasteiger partial charge on any atom is 0.0246 e. The predicted octanol–water partition coefficient (Wildman–Crippen LogP) is 3.21. The number of likely N-dealkylation sites (N-methyl/N-ethyl adjacent to an activating group) is 1. The summed E-state index contributed by atoms with van der Waals surface area (Å²) in [5.74, 6) is 0. The van der Waals surface area contributed by atoms with Gasteiger partial charge in [-0.3, -0.25) is 0 Å². The third kappa shape index (κ3) is 4.05. The summed E-state index contributed by atoms with van der Waals surface area (Å²) in [5.41, 5.74) is 3.18. The first kappa shape index (κ1) is 14.5. The molecule has 0 aliphatic carbocycles. The fourth-order valence-electron chi connectivity index (χ4n) is 3.08. The van der Waals surface area contributed by atoms with Crippen LogP contribution in [0, 0.1) is 12.3 Å². The molecule has 106 valence electrons. The van der Waals surface area contributed by atoms with Gasteiger partial charge in [0, 0.05) is 19.1 Å². The Kier molecular flexibility index (Phi) is 4.64. The van der Waals surface area contributed by atoms with Crippen molar-refractivity contribution in [1.29, 1.82) is 0 Å². The van der Waals surface area contributed by atoms with Crippen LogP contribution in [0.3, 0.4) is 0 Å². The molecule has 1 atom stereocenters. The number of hydrogen-bond donors (Lipinski definition) is 1. The van der Waals surface area contributed by atoms with Crippen LogP contribution < -0.4 is 5.32 Å². The largest absolute Gasteiger partial charge is 0.312 e. The number of hydrogen-bond acceptors (Lipinski definition) is 2. The third-order valence-corrected chi connectivity index (χ3v) is 4.36. The summed E-state index contributed by atoms with van der Waals surface area (Å²) >= 11 is 0. The first-order chi connectivity index (χ1) is 8.97. The van der Waals surface area contributed by atoms with E-state index in [1.54, 1.807) is 0 Å². The summed E-state index contributed by atoms with van der Waals surface area (Å²) in [6, 6.07) is 9.44. The van der Waals surface area contributed by atoms with Gasteiger partial charge >= 0.3 is 0 Å². The molecule has 0 amide bonds. The molecule has 0 aromatic heterocycles. The van der Waals surface area contributed by atoms with E-state index >= 15 is 0 Å². The van der Waals surface area contributed by atoms with E-state index in [4.69, 9.17) is 0 Å². The second kappa shape index (κ2) is 6.06. The van der Waals surface area contributed by atoms with E-state index in [-0.39, 0.29) is 0 Å². The van der Waals surface area contributed by atoms with Crippen LogP contribution in [0.1, 0.15) is 37.8 Å². The summed E-state index contributed by atoms with van der Waals surface area (Å²) in [4.78, 5) is 2.44. The molecule has 1 unspecified atom stereocenters. The van der Waals surface area contributed by atoms with E-state index in [9.17, 15) is 0 Å². The predicted molar refractivity (Wildman–Crippen MR) is 82.3 cm³/mol. The lowest BCUT2D eigenvalue weighted by Gasteiger charge is -2.41. The topological polar surface area (TPSA) is 15.3 Å². The van der Waals surface area contributed by atoms with Crippen LogP contribution in [0.4, 0.5) is 0 Å². The summed E-state index contributed by atoms with van der Waals surface area (Å²) in [7, 11) is 2.23. The minimum atomic E-state index is 0.416. The van der Waals surface area contributed by atoms with E-state index in [1.165, 1.54) is 30.5 Å². The Morgan fingerprint density at radius 1 is 1.37 bits per heavy atom. The van der Waals surface area contributed by atoms with Gasteiger partial charge < -0.3 is 10.2 Å². The molecule has 1 aromatic rings. The molecule has 0 saturated carbocycles. The summed E-state index contributed by atoms with van der Waals surface area (Å²) in [5, 5.41) is 3.70. The first-order valence-corrected chi connectivity index (χ1v) is 7.45. The molecule has 1 fully saturated rings. The SMILES string of the molecule is Cc1cccc(CN(C)CC2NCCCC2(C)C)c1. The summed E-state index contributed by atoms with van der Waals surface area (Å²) in [6.45, 7) is 10.3. The van der Waals surface area contributed by atoms with E-state index < -0.39 is 0 Å². The lowest BCUT2D eigenvalue weighted by molar-refractivity contribution is 0.136. The van der Waals surface area contributed by atoms with Crippen molar-refractivity contribution in [2.45, 2.75) is 46.2 Å². The molecular weight excluding hydrogens is 232 g/mol. The van der Waals surface area contributed by atoms with Crippen molar-refractivity contribution in [2.75, 3.05) is 20.1 Å². The Hall–Kier alpha value is -0.860. The molecule has 2 rings (SSSR count). The molecule has 1 aliphatic rings. The van der Waals surface area contributed by atoms with Crippen molar-refractivity contribution in [1.82, 2.24) is 10.2 Å². The number of rotatable bonds is 4. The minimum absolute atomic E-state index is 0.416. The van der Waals surface area contributed by atoms with Crippen molar-refractivity contribution in [2.24, 2.45) is 5.41 Å². The second-order valence-corrected chi connectivity index (χ2v) is 6.78. The molecule has 0 radical (unpaired) electrons. The van der Waals surface area contributed by atoms with Crippen molar-refractivity contribution < 1.29 is 0 Å². The third-order valence-electron chi connectivity index (χ3n) is 4.36. The van der Waals surface area contributed by atoms with Gasteiger partial charge in [-0.15, -0.1) is 0 Å². The lowest BCUT2D eigenvalue weighted by atomic mass is 9.77. The Morgan fingerprint density at radius 3 is 2.84 bits per heavy atom. The van der Waals surface area contributed by atoms with Crippen molar-refractivity contribution in [3.8, 4) is 0 Å². The molecule has 1 saturated heterocycles. The van der Waals surface area contributed by atoms with Gasteiger partial charge in [-0.25, -0.2) is 0 Å². The zero-order chi connectivity index (χ0) is 13.9. The zero-order valence-electron chi connectivity index (χ0n) is 12.9. The number of aryl methyl sites for hydroxylation is 1. The van der Waals surface area contributed by atoms with Gasteiger partial charge in [0.05, 0.1) is 0 Å². The molecule has 1 aromatic carbocycles. The fourth-order valence-corrected chi connectivity index (χ4v) is 3.08. The Balaban J connectivity index is 1.92. The van der Waals surface area contributed by atoms with Crippen LogP contribution in [0.15, 0.2) is 24.3 Å². The summed E-state index contributed by atoms with van der Waals surface area (Å²) in [6.07, 6.45) is 2.65. The quantitative estimate of drug-likeness (QED) is 0.894. The number of nitrogens with zero attached hydrogens (tertiary/aromatic N) is 1. The average Bonchev–Trinajstić information content (AvgIpc) is 2.32. The molecule has 0 bridgehead atoms. The van der Waals surface area contributed by atoms with Crippen LogP contribution in [0.5, 0.6) is 0 Å². The van der Waals surface area contributed by atoms with Crippen LogP contribution in [0.25, 0.3) is 0 Å². The highest BCUT2D eigenvalue weighted by atomic mass is 15.1. The van der Waals surface area contributed by atoms with Gasteiger partial charge in [0.15, 0.2) is 0 Å². The highest BCUT2D eigenvalue weighted by molar-refractivity contribution is 5.22. The van der Waals surface area contributed by atoms with Gasteiger partial charge in [-0.1, -0.05) is 43.7 Å². The van der Waals surface area contributed by atoms with Crippen molar-refractivity contribution in [3.05, 3.63) is 35.4 Å². The van der Waals surface area contributed by atoms with E-state index in [1.807, 2.05) is 0 Å². The van der Waals surface area contributed by atoms with Gasteiger partial charge in [0.1, 0.15) is 0 Å². The van der Waals surface area contributed by atoms with E-state index in [2.05, 4.69) is 62.3 Å². The molecule has 1 N–H and O–H groups in total. The monoisotopic (exact) mass is 260 g/mol.